The number of rotatable bonds is 1. The highest BCUT2D eigenvalue weighted by Crippen LogP contribution is 2.31. The summed E-state index contributed by atoms with van der Waals surface area (Å²) in [6.45, 7) is 4.15. The molecule has 0 aliphatic carbocycles. The first-order valence-electron chi connectivity index (χ1n) is 5.69. The van der Waals surface area contributed by atoms with Crippen molar-refractivity contribution in [3.8, 4) is 11.3 Å². The first kappa shape index (κ1) is 10.7. The van der Waals surface area contributed by atoms with E-state index in [1.807, 2.05) is 12.1 Å². The predicted molar refractivity (Wildman–Crippen MR) is 71.0 cm³/mol. The molecule has 0 atom stereocenters. The van der Waals surface area contributed by atoms with Crippen LogP contribution < -0.4 is 5.73 Å². The van der Waals surface area contributed by atoms with Crippen LogP contribution in [-0.2, 0) is 0 Å². The van der Waals surface area contributed by atoms with Crippen LogP contribution in [0.25, 0.3) is 22.3 Å². The Hall–Kier alpha value is -2.43. The van der Waals surface area contributed by atoms with Gasteiger partial charge in [0.05, 0.1) is 5.39 Å². The molecule has 2 aromatic heterocycles. The first-order chi connectivity index (χ1) is 8.68. The SMILES string of the molecule is Cc1cccc(-c2n[nH]c3ncnc(N)c23)c1C. The second-order valence-electron chi connectivity index (χ2n) is 4.30. The minimum Gasteiger partial charge on any atom is -0.383 e. The maximum absolute atomic E-state index is 5.92. The van der Waals surface area contributed by atoms with Crippen molar-refractivity contribution in [2.45, 2.75) is 13.8 Å². The second-order valence-corrected chi connectivity index (χ2v) is 4.30. The van der Waals surface area contributed by atoms with E-state index in [1.54, 1.807) is 0 Å². The fourth-order valence-corrected chi connectivity index (χ4v) is 2.08. The smallest absolute Gasteiger partial charge is 0.161 e. The van der Waals surface area contributed by atoms with Gasteiger partial charge in [-0.3, -0.25) is 5.10 Å². The molecule has 0 saturated heterocycles. The third kappa shape index (κ3) is 1.44. The van der Waals surface area contributed by atoms with Gasteiger partial charge < -0.3 is 5.73 Å². The number of aryl methyl sites for hydroxylation is 1. The number of nitrogens with one attached hydrogen (secondary N) is 1. The van der Waals surface area contributed by atoms with Crippen LogP contribution in [0.15, 0.2) is 24.5 Å². The zero-order valence-electron chi connectivity index (χ0n) is 10.2. The van der Waals surface area contributed by atoms with E-state index in [4.69, 9.17) is 5.73 Å². The Morgan fingerprint density at radius 2 is 2.00 bits per heavy atom. The van der Waals surface area contributed by atoms with Crippen molar-refractivity contribution < 1.29 is 0 Å². The molecular formula is C13H13N5. The van der Waals surface area contributed by atoms with Gasteiger partial charge in [0, 0.05) is 5.56 Å². The molecule has 0 aliphatic heterocycles. The Kier molecular flexibility index (Phi) is 2.26. The molecule has 1 aromatic carbocycles. The maximum atomic E-state index is 5.92. The van der Waals surface area contributed by atoms with E-state index in [2.05, 4.69) is 40.1 Å². The number of benzene rings is 1. The minimum absolute atomic E-state index is 0.449. The van der Waals surface area contributed by atoms with Crippen LogP contribution >= 0.6 is 0 Å². The number of nitrogen functional groups attached to an aromatic ring is 1. The second kappa shape index (κ2) is 3.80. The Labute approximate surface area is 104 Å². The molecule has 0 spiro atoms. The summed E-state index contributed by atoms with van der Waals surface area (Å²) >= 11 is 0. The van der Waals surface area contributed by atoms with Crippen LogP contribution in [0.2, 0.25) is 0 Å². The van der Waals surface area contributed by atoms with Gasteiger partial charge >= 0.3 is 0 Å². The van der Waals surface area contributed by atoms with Crippen molar-refractivity contribution in [3.05, 3.63) is 35.7 Å². The molecule has 0 saturated carbocycles. The summed E-state index contributed by atoms with van der Waals surface area (Å²) in [7, 11) is 0. The maximum Gasteiger partial charge on any atom is 0.161 e. The average Bonchev–Trinajstić information content (AvgIpc) is 2.78. The highest BCUT2D eigenvalue weighted by Gasteiger charge is 2.14. The van der Waals surface area contributed by atoms with Crippen LogP contribution in [0.4, 0.5) is 5.82 Å². The zero-order chi connectivity index (χ0) is 12.7. The fraction of sp³-hybridized carbons (Fsp3) is 0.154. The Morgan fingerprint density at radius 1 is 1.17 bits per heavy atom. The Morgan fingerprint density at radius 3 is 2.83 bits per heavy atom. The monoisotopic (exact) mass is 239 g/mol. The number of aromatic nitrogens is 4. The van der Waals surface area contributed by atoms with Gasteiger partial charge in [0.1, 0.15) is 17.8 Å². The largest absolute Gasteiger partial charge is 0.383 e. The van der Waals surface area contributed by atoms with Gasteiger partial charge in [0.25, 0.3) is 0 Å². The molecule has 0 radical (unpaired) electrons. The van der Waals surface area contributed by atoms with Crippen molar-refractivity contribution in [2.24, 2.45) is 0 Å². The van der Waals surface area contributed by atoms with Crippen molar-refractivity contribution in [1.82, 2.24) is 20.2 Å². The number of nitrogens with two attached hydrogens (primary N) is 1. The number of fused-ring (bicyclic) bond motifs is 1. The van der Waals surface area contributed by atoms with E-state index in [0.717, 1.165) is 16.6 Å². The van der Waals surface area contributed by atoms with Crippen molar-refractivity contribution in [2.75, 3.05) is 5.73 Å². The number of aromatic amines is 1. The molecule has 5 nitrogen and oxygen atoms in total. The van der Waals surface area contributed by atoms with Gasteiger partial charge in [-0.15, -0.1) is 0 Å². The van der Waals surface area contributed by atoms with Gasteiger partial charge in [-0.25, -0.2) is 9.97 Å². The molecule has 3 rings (SSSR count). The molecule has 0 fully saturated rings. The van der Waals surface area contributed by atoms with Crippen molar-refractivity contribution in [1.29, 1.82) is 0 Å². The van der Waals surface area contributed by atoms with Gasteiger partial charge in [-0.2, -0.15) is 5.10 Å². The normalized spacial score (nSPS) is 11.0. The van der Waals surface area contributed by atoms with Crippen LogP contribution in [-0.4, -0.2) is 20.2 Å². The lowest BCUT2D eigenvalue weighted by atomic mass is 10.00. The van der Waals surface area contributed by atoms with E-state index in [1.165, 1.54) is 17.5 Å². The van der Waals surface area contributed by atoms with Gasteiger partial charge in [0.15, 0.2) is 5.65 Å². The third-order valence-electron chi connectivity index (χ3n) is 3.25. The first-order valence-corrected chi connectivity index (χ1v) is 5.69. The average molecular weight is 239 g/mol. The summed E-state index contributed by atoms with van der Waals surface area (Å²) in [4.78, 5) is 8.16. The number of hydrogen-bond donors (Lipinski definition) is 2. The number of H-pyrrole nitrogens is 1. The number of hydrogen-bond acceptors (Lipinski definition) is 4. The van der Waals surface area contributed by atoms with Crippen LogP contribution in [0.1, 0.15) is 11.1 Å². The highest BCUT2D eigenvalue weighted by atomic mass is 15.2. The predicted octanol–water partition coefficient (Wildman–Crippen LogP) is 2.22. The molecule has 5 heteroatoms. The van der Waals surface area contributed by atoms with Gasteiger partial charge in [-0.05, 0) is 25.0 Å². The van der Waals surface area contributed by atoms with Crippen LogP contribution in [0.3, 0.4) is 0 Å². The summed E-state index contributed by atoms with van der Waals surface area (Å²) in [6.07, 6.45) is 1.43. The number of anilines is 1. The molecule has 2 heterocycles. The lowest BCUT2D eigenvalue weighted by Gasteiger charge is -2.06. The molecule has 3 N–H and O–H groups in total. The summed E-state index contributed by atoms with van der Waals surface area (Å²) in [5.74, 6) is 0.449. The van der Waals surface area contributed by atoms with E-state index in [9.17, 15) is 0 Å². The van der Waals surface area contributed by atoms with Crippen molar-refractivity contribution in [3.63, 3.8) is 0 Å². The molecule has 0 unspecified atom stereocenters. The van der Waals surface area contributed by atoms with Gasteiger partial charge in [0.2, 0.25) is 0 Å². The Balaban J connectivity index is 2.36. The van der Waals surface area contributed by atoms with Crippen LogP contribution in [0, 0.1) is 13.8 Å². The molecule has 0 amide bonds. The molecule has 0 bridgehead atoms. The van der Waals surface area contributed by atoms with Crippen molar-refractivity contribution >= 4 is 16.9 Å². The highest BCUT2D eigenvalue weighted by molar-refractivity contribution is 5.98. The lowest BCUT2D eigenvalue weighted by Crippen LogP contribution is -1.93. The van der Waals surface area contributed by atoms with Gasteiger partial charge in [-0.1, -0.05) is 18.2 Å². The number of nitrogens with zero attached hydrogens (tertiary/aromatic N) is 3. The molecule has 18 heavy (non-hydrogen) atoms. The zero-order valence-corrected chi connectivity index (χ0v) is 10.2. The standard InChI is InChI=1S/C13H13N5/c1-7-4-3-5-9(8(7)2)11-10-12(14)15-6-16-13(10)18-17-11/h3-6H,1-2H3,(H3,14,15,16,17,18). The van der Waals surface area contributed by atoms with Crippen LogP contribution in [0.5, 0.6) is 0 Å². The lowest BCUT2D eigenvalue weighted by molar-refractivity contribution is 1.09. The summed E-state index contributed by atoms with van der Waals surface area (Å²) in [5, 5.41) is 8.00. The van der Waals surface area contributed by atoms with E-state index in [0.29, 0.717) is 11.5 Å². The third-order valence-corrected chi connectivity index (χ3v) is 3.25. The van der Waals surface area contributed by atoms with E-state index < -0.39 is 0 Å². The quantitative estimate of drug-likeness (QED) is 0.682. The summed E-state index contributed by atoms with van der Waals surface area (Å²) in [5.41, 5.74) is 10.9. The molecular weight excluding hydrogens is 226 g/mol. The summed E-state index contributed by atoms with van der Waals surface area (Å²) < 4.78 is 0. The topological polar surface area (TPSA) is 80.5 Å². The van der Waals surface area contributed by atoms with E-state index in [-0.39, 0.29) is 0 Å². The molecule has 90 valence electrons. The minimum atomic E-state index is 0.449. The molecule has 0 aliphatic rings. The molecule has 3 aromatic rings. The van der Waals surface area contributed by atoms with E-state index >= 15 is 0 Å². The Bertz CT molecular complexity index is 729. The fourth-order valence-electron chi connectivity index (χ4n) is 2.08. The summed E-state index contributed by atoms with van der Waals surface area (Å²) in [6, 6.07) is 6.12.